The Morgan fingerprint density at radius 1 is 1.57 bits per heavy atom. The lowest BCUT2D eigenvalue weighted by molar-refractivity contribution is -0.138. The van der Waals surface area contributed by atoms with E-state index in [1.807, 2.05) is 6.07 Å². The summed E-state index contributed by atoms with van der Waals surface area (Å²) < 4.78 is 0.925. The summed E-state index contributed by atoms with van der Waals surface area (Å²) in [6.45, 7) is 5.01. The molecular formula is C16H21BrClNO2. The van der Waals surface area contributed by atoms with Gasteiger partial charge in [0.2, 0.25) is 0 Å². The van der Waals surface area contributed by atoms with Crippen LogP contribution in [0.5, 0.6) is 0 Å². The Morgan fingerprint density at radius 3 is 3.00 bits per heavy atom. The molecule has 5 heteroatoms. The molecule has 2 unspecified atom stereocenters. The van der Waals surface area contributed by atoms with Crippen LogP contribution >= 0.6 is 27.5 Å². The van der Waals surface area contributed by atoms with Crippen molar-refractivity contribution in [3.05, 3.63) is 33.3 Å². The number of halogens is 2. The molecule has 3 nitrogen and oxygen atoms in total. The number of hydrogen-bond donors (Lipinski definition) is 1. The van der Waals surface area contributed by atoms with Crippen molar-refractivity contribution in [2.45, 2.75) is 32.7 Å². The normalized spacial score (nSPS) is 21.2. The Balaban J connectivity index is 1.94. The summed E-state index contributed by atoms with van der Waals surface area (Å²) in [5, 5.41) is 9.67. The molecule has 21 heavy (non-hydrogen) atoms. The predicted molar refractivity (Wildman–Crippen MR) is 88.6 cm³/mol. The van der Waals surface area contributed by atoms with Crippen molar-refractivity contribution in [3.63, 3.8) is 0 Å². The number of rotatable bonds is 5. The van der Waals surface area contributed by atoms with Gasteiger partial charge in [-0.3, -0.25) is 9.69 Å². The Labute approximate surface area is 139 Å². The average Bonchev–Trinajstić information content (AvgIpc) is 2.42. The summed E-state index contributed by atoms with van der Waals surface area (Å²) in [4.78, 5) is 13.3. The molecule has 0 radical (unpaired) electrons. The Bertz CT molecular complexity index is 509. The Morgan fingerprint density at radius 2 is 2.33 bits per heavy atom. The van der Waals surface area contributed by atoms with Crippen LogP contribution in [0.25, 0.3) is 0 Å². The maximum absolute atomic E-state index is 10.9. The number of likely N-dealkylation sites (tertiary alicyclic amines) is 1. The summed E-state index contributed by atoms with van der Waals surface area (Å²) in [5.74, 6) is 0.0223. The van der Waals surface area contributed by atoms with E-state index >= 15 is 0 Å². The van der Waals surface area contributed by atoms with Crippen LogP contribution in [0, 0.1) is 11.8 Å². The van der Waals surface area contributed by atoms with Gasteiger partial charge in [-0.25, -0.2) is 0 Å². The van der Waals surface area contributed by atoms with Gasteiger partial charge in [0, 0.05) is 24.0 Å². The number of aliphatic carboxylic acids is 1. The second-order valence-electron chi connectivity index (χ2n) is 5.96. The summed E-state index contributed by atoms with van der Waals surface area (Å²) in [7, 11) is 0. The lowest BCUT2D eigenvalue weighted by Gasteiger charge is -2.35. The van der Waals surface area contributed by atoms with Gasteiger partial charge in [0.1, 0.15) is 0 Å². The first-order chi connectivity index (χ1) is 9.95. The third-order valence-corrected chi connectivity index (χ3v) is 5.45. The zero-order valence-corrected chi connectivity index (χ0v) is 14.5. The number of carboxylic acids is 1. The molecule has 116 valence electrons. The van der Waals surface area contributed by atoms with Gasteiger partial charge >= 0.3 is 5.97 Å². The molecule has 0 saturated carbocycles. The Hall–Kier alpha value is -0.580. The van der Waals surface area contributed by atoms with Crippen LogP contribution in [-0.4, -0.2) is 29.1 Å². The van der Waals surface area contributed by atoms with E-state index in [2.05, 4.69) is 39.9 Å². The maximum Gasteiger partial charge on any atom is 0.303 e. The highest BCUT2D eigenvalue weighted by Crippen LogP contribution is 2.28. The molecule has 0 spiro atoms. The Kier molecular flexibility index (Phi) is 6.08. The van der Waals surface area contributed by atoms with E-state index in [4.69, 9.17) is 16.7 Å². The zero-order chi connectivity index (χ0) is 15.4. The molecule has 0 aliphatic carbocycles. The SMILES string of the molecule is CC(CC(=O)O)C1CCCN(Cc2ccc(Cl)c(Br)c2)C1. The topological polar surface area (TPSA) is 40.5 Å². The van der Waals surface area contributed by atoms with Crippen molar-refractivity contribution in [2.75, 3.05) is 13.1 Å². The van der Waals surface area contributed by atoms with Gasteiger partial charge in [0.25, 0.3) is 0 Å². The monoisotopic (exact) mass is 373 g/mol. The minimum atomic E-state index is -0.693. The van der Waals surface area contributed by atoms with Crippen molar-refractivity contribution in [1.29, 1.82) is 0 Å². The van der Waals surface area contributed by atoms with Gasteiger partial charge in [-0.15, -0.1) is 0 Å². The van der Waals surface area contributed by atoms with Crippen molar-refractivity contribution in [2.24, 2.45) is 11.8 Å². The van der Waals surface area contributed by atoms with Gasteiger partial charge in [-0.1, -0.05) is 24.6 Å². The van der Waals surface area contributed by atoms with E-state index in [-0.39, 0.29) is 12.3 Å². The molecule has 2 atom stereocenters. The molecule has 1 heterocycles. The highest BCUT2D eigenvalue weighted by Gasteiger charge is 2.26. The van der Waals surface area contributed by atoms with E-state index in [0.29, 0.717) is 5.92 Å². The van der Waals surface area contributed by atoms with E-state index in [0.717, 1.165) is 42.0 Å². The summed E-state index contributed by atoms with van der Waals surface area (Å²) in [5.41, 5.74) is 1.23. The maximum atomic E-state index is 10.9. The highest BCUT2D eigenvalue weighted by molar-refractivity contribution is 9.10. The molecule has 1 N–H and O–H groups in total. The van der Waals surface area contributed by atoms with E-state index in [1.165, 1.54) is 5.56 Å². The molecule has 0 bridgehead atoms. The zero-order valence-electron chi connectivity index (χ0n) is 12.2. The number of piperidine rings is 1. The van der Waals surface area contributed by atoms with Crippen molar-refractivity contribution >= 4 is 33.5 Å². The largest absolute Gasteiger partial charge is 0.481 e. The van der Waals surface area contributed by atoms with E-state index < -0.39 is 5.97 Å². The molecule has 1 aliphatic rings. The quantitative estimate of drug-likeness (QED) is 0.829. The van der Waals surface area contributed by atoms with Crippen LogP contribution in [0.4, 0.5) is 0 Å². The minimum absolute atomic E-state index is 0.238. The molecule has 0 amide bonds. The van der Waals surface area contributed by atoms with Crippen LogP contribution in [0.3, 0.4) is 0 Å². The van der Waals surface area contributed by atoms with Crippen LogP contribution in [0.2, 0.25) is 5.02 Å². The summed E-state index contributed by atoms with van der Waals surface area (Å²) in [6.07, 6.45) is 2.55. The molecule has 1 aliphatic heterocycles. The third-order valence-electron chi connectivity index (χ3n) is 4.23. The van der Waals surface area contributed by atoms with Gasteiger partial charge in [0.15, 0.2) is 0 Å². The first-order valence-corrected chi connectivity index (χ1v) is 8.51. The lowest BCUT2D eigenvalue weighted by atomic mass is 9.84. The molecule has 2 rings (SSSR count). The number of hydrogen-bond acceptors (Lipinski definition) is 2. The first kappa shape index (κ1) is 16.8. The fourth-order valence-corrected chi connectivity index (χ4v) is 3.58. The van der Waals surface area contributed by atoms with Gasteiger partial charge in [-0.2, -0.15) is 0 Å². The molecule has 1 aromatic carbocycles. The van der Waals surface area contributed by atoms with Crippen molar-refractivity contribution in [3.8, 4) is 0 Å². The van der Waals surface area contributed by atoms with Gasteiger partial charge < -0.3 is 5.11 Å². The minimum Gasteiger partial charge on any atom is -0.481 e. The van der Waals surface area contributed by atoms with E-state index in [1.54, 1.807) is 0 Å². The van der Waals surface area contributed by atoms with Gasteiger partial charge in [-0.05, 0) is 64.8 Å². The molecule has 1 aromatic rings. The highest BCUT2D eigenvalue weighted by atomic mass is 79.9. The fraction of sp³-hybridized carbons (Fsp3) is 0.562. The van der Waals surface area contributed by atoms with Crippen LogP contribution in [-0.2, 0) is 11.3 Å². The molecule has 0 aromatic heterocycles. The number of benzene rings is 1. The molecule has 1 fully saturated rings. The van der Waals surface area contributed by atoms with Crippen LogP contribution in [0.15, 0.2) is 22.7 Å². The van der Waals surface area contributed by atoms with Crippen molar-refractivity contribution in [1.82, 2.24) is 4.90 Å². The number of nitrogens with zero attached hydrogens (tertiary/aromatic N) is 1. The first-order valence-electron chi connectivity index (χ1n) is 7.33. The standard InChI is InChI=1S/C16H21BrClNO2/c1-11(7-16(20)21)13-3-2-6-19(10-13)9-12-4-5-15(18)14(17)8-12/h4-5,8,11,13H,2-3,6-7,9-10H2,1H3,(H,20,21). The third kappa shape index (κ3) is 4.97. The second kappa shape index (κ2) is 7.61. The number of carbonyl (C=O) groups is 1. The molecule has 1 saturated heterocycles. The molecular weight excluding hydrogens is 354 g/mol. The van der Waals surface area contributed by atoms with Gasteiger partial charge in [0.05, 0.1) is 5.02 Å². The van der Waals surface area contributed by atoms with Crippen LogP contribution < -0.4 is 0 Å². The summed E-state index contributed by atoms with van der Waals surface area (Å²) >= 11 is 9.48. The van der Waals surface area contributed by atoms with E-state index in [9.17, 15) is 4.79 Å². The van der Waals surface area contributed by atoms with Crippen molar-refractivity contribution < 1.29 is 9.90 Å². The smallest absolute Gasteiger partial charge is 0.303 e. The lowest BCUT2D eigenvalue weighted by Crippen LogP contribution is -2.37. The van der Waals surface area contributed by atoms with Crippen LogP contribution in [0.1, 0.15) is 31.7 Å². The summed E-state index contributed by atoms with van der Waals surface area (Å²) in [6, 6.07) is 6.03. The predicted octanol–water partition coefficient (Wildman–Crippen LogP) is 4.43. The average molecular weight is 375 g/mol. The second-order valence-corrected chi connectivity index (χ2v) is 7.22. The number of carboxylic acid groups (broad SMARTS) is 1. The fourth-order valence-electron chi connectivity index (χ4n) is 3.04.